The SMILES string of the molecule is CCCCCCCCCC(O)CCCCCC(CCCCC)S(=O)(=O)O. The van der Waals surface area contributed by atoms with Crippen molar-refractivity contribution in [1.29, 1.82) is 0 Å². The summed E-state index contributed by atoms with van der Waals surface area (Å²) in [6.07, 6.45) is 17.0. The second-order valence-electron chi connectivity index (χ2n) is 7.83. The van der Waals surface area contributed by atoms with Crippen molar-refractivity contribution in [2.75, 3.05) is 0 Å². The Bertz CT molecular complexity index is 395. The Balaban J connectivity index is 3.66. The standard InChI is InChI=1S/C21H44O4S/c1-3-5-7-8-9-10-13-16-20(22)17-14-11-15-19-21(26(23,24)25)18-12-6-4-2/h20-22H,3-19H2,1-2H3,(H,23,24,25). The zero-order chi connectivity index (χ0) is 19.7. The Morgan fingerprint density at radius 3 is 1.46 bits per heavy atom. The van der Waals surface area contributed by atoms with Crippen LogP contribution in [0.15, 0.2) is 0 Å². The highest BCUT2D eigenvalue weighted by Crippen LogP contribution is 2.19. The van der Waals surface area contributed by atoms with Gasteiger partial charge in [-0.15, -0.1) is 0 Å². The van der Waals surface area contributed by atoms with Crippen molar-refractivity contribution < 1.29 is 18.1 Å². The molecule has 4 nitrogen and oxygen atoms in total. The van der Waals surface area contributed by atoms with Crippen LogP contribution < -0.4 is 0 Å². The lowest BCUT2D eigenvalue weighted by molar-refractivity contribution is 0.147. The van der Waals surface area contributed by atoms with E-state index >= 15 is 0 Å². The van der Waals surface area contributed by atoms with E-state index < -0.39 is 15.4 Å². The molecule has 0 radical (unpaired) electrons. The topological polar surface area (TPSA) is 74.6 Å². The first-order valence-corrected chi connectivity index (χ1v) is 12.6. The van der Waals surface area contributed by atoms with Gasteiger partial charge in [-0.05, 0) is 25.7 Å². The van der Waals surface area contributed by atoms with Gasteiger partial charge in [0.25, 0.3) is 10.1 Å². The quantitative estimate of drug-likeness (QED) is 0.200. The molecule has 0 aromatic heterocycles. The molecule has 158 valence electrons. The molecule has 0 aliphatic heterocycles. The van der Waals surface area contributed by atoms with Crippen molar-refractivity contribution in [3.05, 3.63) is 0 Å². The van der Waals surface area contributed by atoms with Crippen molar-refractivity contribution in [3.8, 4) is 0 Å². The summed E-state index contributed by atoms with van der Waals surface area (Å²) < 4.78 is 32.2. The van der Waals surface area contributed by atoms with Gasteiger partial charge in [0, 0.05) is 0 Å². The maximum absolute atomic E-state index is 11.4. The van der Waals surface area contributed by atoms with Crippen molar-refractivity contribution in [2.24, 2.45) is 0 Å². The molecule has 0 aliphatic carbocycles. The molecule has 0 bridgehead atoms. The first kappa shape index (κ1) is 25.9. The van der Waals surface area contributed by atoms with Crippen LogP contribution in [0.1, 0.15) is 123 Å². The van der Waals surface area contributed by atoms with E-state index in [1.54, 1.807) is 0 Å². The molecule has 0 saturated heterocycles. The first-order chi connectivity index (χ1) is 12.4. The molecule has 0 aromatic rings. The molecule has 2 unspecified atom stereocenters. The van der Waals surface area contributed by atoms with E-state index in [-0.39, 0.29) is 6.10 Å². The van der Waals surface area contributed by atoms with Gasteiger partial charge in [0.05, 0.1) is 11.4 Å². The summed E-state index contributed by atoms with van der Waals surface area (Å²) in [6, 6.07) is 0. The van der Waals surface area contributed by atoms with Crippen LogP contribution >= 0.6 is 0 Å². The van der Waals surface area contributed by atoms with Crippen LogP contribution in [0.4, 0.5) is 0 Å². The molecule has 26 heavy (non-hydrogen) atoms. The Hall–Kier alpha value is -0.130. The fourth-order valence-electron chi connectivity index (χ4n) is 3.47. The monoisotopic (exact) mass is 392 g/mol. The largest absolute Gasteiger partial charge is 0.393 e. The van der Waals surface area contributed by atoms with E-state index in [9.17, 15) is 18.1 Å². The van der Waals surface area contributed by atoms with E-state index in [2.05, 4.69) is 13.8 Å². The van der Waals surface area contributed by atoms with Crippen molar-refractivity contribution in [1.82, 2.24) is 0 Å². The molecule has 0 rings (SSSR count). The van der Waals surface area contributed by atoms with E-state index in [1.807, 2.05) is 0 Å². The molecule has 0 spiro atoms. The highest BCUT2D eigenvalue weighted by molar-refractivity contribution is 7.86. The van der Waals surface area contributed by atoms with Crippen molar-refractivity contribution >= 4 is 10.1 Å². The predicted molar refractivity (Wildman–Crippen MR) is 111 cm³/mol. The van der Waals surface area contributed by atoms with Gasteiger partial charge in [-0.1, -0.05) is 97.3 Å². The molecule has 0 aromatic carbocycles. The molecule has 2 atom stereocenters. The number of unbranched alkanes of at least 4 members (excludes halogenated alkanes) is 10. The number of hydrogen-bond donors (Lipinski definition) is 2. The van der Waals surface area contributed by atoms with Gasteiger partial charge < -0.3 is 5.11 Å². The summed E-state index contributed by atoms with van der Waals surface area (Å²) in [5, 5.41) is 9.43. The highest BCUT2D eigenvalue weighted by Gasteiger charge is 2.21. The van der Waals surface area contributed by atoms with Crippen LogP contribution in [0.2, 0.25) is 0 Å². The summed E-state index contributed by atoms with van der Waals surface area (Å²) in [5.41, 5.74) is 0. The molecular weight excluding hydrogens is 348 g/mol. The van der Waals surface area contributed by atoms with Crippen LogP contribution in [0.3, 0.4) is 0 Å². The fourth-order valence-corrected chi connectivity index (χ4v) is 4.40. The predicted octanol–water partition coefficient (Wildman–Crippen LogP) is 6.28. The fraction of sp³-hybridized carbons (Fsp3) is 1.00. The average molecular weight is 393 g/mol. The number of aliphatic hydroxyl groups is 1. The van der Waals surface area contributed by atoms with Gasteiger partial charge in [0.1, 0.15) is 0 Å². The smallest absolute Gasteiger partial charge is 0.267 e. The lowest BCUT2D eigenvalue weighted by Gasteiger charge is -2.14. The molecule has 0 fully saturated rings. The molecule has 0 saturated carbocycles. The molecule has 2 N–H and O–H groups in total. The molecule has 5 heteroatoms. The van der Waals surface area contributed by atoms with Crippen LogP contribution in [-0.4, -0.2) is 29.4 Å². The molecule has 0 heterocycles. The average Bonchev–Trinajstić information content (AvgIpc) is 2.58. The van der Waals surface area contributed by atoms with Gasteiger partial charge in [0.15, 0.2) is 0 Å². The second kappa shape index (κ2) is 17.0. The van der Waals surface area contributed by atoms with Crippen molar-refractivity contribution in [3.63, 3.8) is 0 Å². The van der Waals surface area contributed by atoms with Gasteiger partial charge in [0.2, 0.25) is 0 Å². The molecule has 0 amide bonds. The third-order valence-corrected chi connectivity index (χ3v) is 6.57. The van der Waals surface area contributed by atoms with Gasteiger partial charge in [-0.3, -0.25) is 4.55 Å². The van der Waals surface area contributed by atoms with Gasteiger partial charge in [-0.25, -0.2) is 0 Å². The summed E-state index contributed by atoms with van der Waals surface area (Å²) in [6.45, 7) is 4.31. The minimum absolute atomic E-state index is 0.215. The van der Waals surface area contributed by atoms with Gasteiger partial charge >= 0.3 is 0 Å². The third-order valence-electron chi connectivity index (χ3n) is 5.26. The maximum Gasteiger partial charge on any atom is 0.267 e. The maximum atomic E-state index is 11.4. The zero-order valence-corrected chi connectivity index (χ0v) is 18.1. The zero-order valence-electron chi connectivity index (χ0n) is 17.3. The van der Waals surface area contributed by atoms with Gasteiger partial charge in [-0.2, -0.15) is 8.42 Å². The van der Waals surface area contributed by atoms with Crippen molar-refractivity contribution in [2.45, 2.75) is 134 Å². The lowest BCUT2D eigenvalue weighted by atomic mass is 10.0. The molecular formula is C21H44O4S. The van der Waals surface area contributed by atoms with Crippen LogP contribution in [0.5, 0.6) is 0 Å². The van der Waals surface area contributed by atoms with E-state index in [1.165, 1.54) is 38.5 Å². The second-order valence-corrected chi connectivity index (χ2v) is 9.53. The van der Waals surface area contributed by atoms with E-state index in [0.29, 0.717) is 12.8 Å². The van der Waals surface area contributed by atoms with Crippen LogP contribution in [0.25, 0.3) is 0 Å². The summed E-state index contributed by atoms with van der Waals surface area (Å²) in [5.74, 6) is 0. The Kier molecular flexibility index (Phi) is 16.9. The first-order valence-electron chi connectivity index (χ1n) is 11.1. The Morgan fingerprint density at radius 2 is 0.962 bits per heavy atom. The summed E-state index contributed by atoms with van der Waals surface area (Å²) in [4.78, 5) is 0. The Morgan fingerprint density at radius 1 is 0.615 bits per heavy atom. The number of aliphatic hydroxyl groups excluding tert-OH is 1. The minimum Gasteiger partial charge on any atom is -0.393 e. The van der Waals surface area contributed by atoms with E-state index in [0.717, 1.165) is 57.8 Å². The summed E-state index contributed by atoms with van der Waals surface area (Å²) >= 11 is 0. The normalized spacial score (nSPS) is 14.5. The molecule has 0 aliphatic rings. The summed E-state index contributed by atoms with van der Waals surface area (Å²) in [7, 11) is -3.92. The minimum atomic E-state index is -3.92. The Labute approximate surface area is 162 Å². The highest BCUT2D eigenvalue weighted by atomic mass is 32.2. The number of hydrogen-bond acceptors (Lipinski definition) is 3. The lowest BCUT2D eigenvalue weighted by Crippen LogP contribution is -2.20. The number of rotatable bonds is 19. The van der Waals surface area contributed by atoms with E-state index in [4.69, 9.17) is 0 Å². The van der Waals surface area contributed by atoms with Crippen LogP contribution in [-0.2, 0) is 10.1 Å². The third kappa shape index (κ3) is 16.1. The van der Waals surface area contributed by atoms with Crippen LogP contribution in [0, 0.1) is 0 Å².